The minimum atomic E-state index is 0.411. The molecule has 0 amide bonds. The summed E-state index contributed by atoms with van der Waals surface area (Å²) in [4.78, 5) is 0. The minimum Gasteiger partial charge on any atom is -0.378 e. The Bertz CT molecular complexity index is 757. The molecule has 0 aromatic heterocycles. The first-order valence-electron chi connectivity index (χ1n) is 8.52. The van der Waals surface area contributed by atoms with Gasteiger partial charge in [0.15, 0.2) is 0 Å². The molecule has 1 N–H and O–H groups in total. The Balaban J connectivity index is 1.63. The molecule has 3 heteroatoms. The second-order valence-electron chi connectivity index (χ2n) is 7.34. The van der Waals surface area contributed by atoms with Crippen LogP contribution in [-0.2, 0) is 0 Å². The molecule has 3 aliphatic rings. The van der Waals surface area contributed by atoms with Crippen molar-refractivity contribution in [2.45, 2.75) is 31.2 Å². The van der Waals surface area contributed by atoms with Crippen LogP contribution in [0.15, 0.2) is 46.9 Å². The van der Waals surface area contributed by atoms with Gasteiger partial charge in [-0.05, 0) is 78.3 Å². The van der Waals surface area contributed by atoms with Crippen LogP contribution in [-0.4, -0.2) is 0 Å². The Morgan fingerprint density at radius 3 is 2.61 bits per heavy atom. The van der Waals surface area contributed by atoms with E-state index in [4.69, 9.17) is 11.6 Å². The summed E-state index contributed by atoms with van der Waals surface area (Å²) in [6, 6.07) is 15.7. The Labute approximate surface area is 150 Å². The number of nitrogens with one attached hydrogen (secondary N) is 1. The normalized spacial score (nSPS) is 33.9. The summed E-state index contributed by atoms with van der Waals surface area (Å²) in [7, 11) is 0. The van der Waals surface area contributed by atoms with Gasteiger partial charge in [0.05, 0.1) is 6.04 Å². The highest BCUT2D eigenvalue weighted by molar-refractivity contribution is 9.10. The molecule has 0 radical (unpaired) electrons. The van der Waals surface area contributed by atoms with Gasteiger partial charge in [0.1, 0.15) is 0 Å². The number of hydrogen-bond donors (Lipinski definition) is 1. The van der Waals surface area contributed by atoms with Crippen LogP contribution in [0, 0.1) is 17.8 Å². The molecule has 2 aromatic carbocycles. The summed E-state index contributed by atoms with van der Waals surface area (Å²) < 4.78 is 1.14. The van der Waals surface area contributed by atoms with Gasteiger partial charge >= 0.3 is 0 Å². The molecule has 0 spiro atoms. The fourth-order valence-electron chi connectivity index (χ4n) is 5.46. The van der Waals surface area contributed by atoms with Gasteiger partial charge in [-0.15, -0.1) is 0 Å². The van der Waals surface area contributed by atoms with E-state index in [0.29, 0.717) is 12.0 Å². The zero-order valence-electron chi connectivity index (χ0n) is 12.8. The number of benzene rings is 2. The average Bonchev–Trinajstić information content (AvgIpc) is 3.16. The minimum absolute atomic E-state index is 0.411. The standard InChI is InChI=1S/C20H19BrClN/c21-14-5-3-11(4-6-14)20-19-13-2-1-12(9-13)18(19)16-8-7-15(22)10-17(16)23-20/h3-8,10,12-13,18-20,23H,1-2,9H2/t12-,13+,18-,19-,20+/m1/s1. The van der Waals surface area contributed by atoms with Crippen molar-refractivity contribution in [1.29, 1.82) is 0 Å². The number of fused-ring (bicyclic) bond motifs is 7. The molecular weight excluding hydrogens is 370 g/mol. The monoisotopic (exact) mass is 387 g/mol. The molecule has 5 atom stereocenters. The van der Waals surface area contributed by atoms with E-state index in [1.165, 1.54) is 36.1 Å². The first kappa shape index (κ1) is 14.4. The highest BCUT2D eigenvalue weighted by atomic mass is 79.9. The van der Waals surface area contributed by atoms with Crippen molar-refractivity contribution in [2.24, 2.45) is 17.8 Å². The van der Waals surface area contributed by atoms with E-state index in [1.54, 1.807) is 0 Å². The van der Waals surface area contributed by atoms with Crippen molar-refractivity contribution >= 4 is 33.2 Å². The average molecular weight is 389 g/mol. The summed E-state index contributed by atoms with van der Waals surface area (Å²) in [5, 5.41) is 4.66. The van der Waals surface area contributed by atoms with Gasteiger partial charge in [0.25, 0.3) is 0 Å². The van der Waals surface area contributed by atoms with Crippen LogP contribution in [0.3, 0.4) is 0 Å². The van der Waals surface area contributed by atoms with Crippen LogP contribution in [0.5, 0.6) is 0 Å². The van der Waals surface area contributed by atoms with Gasteiger partial charge in [-0.3, -0.25) is 0 Å². The Morgan fingerprint density at radius 1 is 1.00 bits per heavy atom. The van der Waals surface area contributed by atoms with Gasteiger partial charge in [-0.1, -0.05) is 45.7 Å². The number of hydrogen-bond acceptors (Lipinski definition) is 1. The quantitative estimate of drug-likeness (QED) is 0.596. The highest BCUT2D eigenvalue weighted by Crippen LogP contribution is 2.63. The maximum atomic E-state index is 6.27. The van der Waals surface area contributed by atoms with Gasteiger partial charge in [0, 0.05) is 15.2 Å². The fraction of sp³-hybridized carbons (Fsp3) is 0.400. The van der Waals surface area contributed by atoms with E-state index >= 15 is 0 Å². The van der Waals surface area contributed by atoms with Crippen LogP contribution >= 0.6 is 27.5 Å². The summed E-state index contributed by atoms with van der Waals surface area (Å²) >= 11 is 9.82. The molecule has 2 aliphatic carbocycles. The lowest BCUT2D eigenvalue weighted by Crippen LogP contribution is -2.35. The van der Waals surface area contributed by atoms with Crippen molar-refractivity contribution in [3.63, 3.8) is 0 Å². The molecule has 0 saturated heterocycles. The zero-order chi connectivity index (χ0) is 15.6. The second kappa shape index (κ2) is 5.26. The molecule has 118 valence electrons. The van der Waals surface area contributed by atoms with Crippen LogP contribution in [0.25, 0.3) is 0 Å². The Morgan fingerprint density at radius 2 is 1.78 bits per heavy atom. The lowest BCUT2D eigenvalue weighted by Gasteiger charge is -2.43. The van der Waals surface area contributed by atoms with Crippen LogP contribution < -0.4 is 5.32 Å². The third-order valence-corrected chi connectivity index (χ3v) is 7.04. The topological polar surface area (TPSA) is 12.0 Å². The summed E-state index contributed by atoms with van der Waals surface area (Å²) in [6.07, 6.45) is 4.22. The summed E-state index contributed by atoms with van der Waals surface area (Å²) in [5.74, 6) is 3.17. The molecule has 2 aromatic rings. The first-order valence-corrected chi connectivity index (χ1v) is 9.69. The van der Waals surface area contributed by atoms with E-state index in [2.05, 4.69) is 63.7 Å². The maximum Gasteiger partial charge on any atom is 0.0550 e. The van der Waals surface area contributed by atoms with Gasteiger partial charge < -0.3 is 5.32 Å². The summed E-state index contributed by atoms with van der Waals surface area (Å²) in [6.45, 7) is 0. The smallest absolute Gasteiger partial charge is 0.0550 e. The van der Waals surface area contributed by atoms with Crippen molar-refractivity contribution < 1.29 is 0 Å². The molecule has 0 unspecified atom stereocenters. The van der Waals surface area contributed by atoms with Crippen LogP contribution in [0.4, 0.5) is 5.69 Å². The van der Waals surface area contributed by atoms with E-state index < -0.39 is 0 Å². The molecule has 2 bridgehead atoms. The van der Waals surface area contributed by atoms with Crippen molar-refractivity contribution in [2.75, 3.05) is 5.32 Å². The van der Waals surface area contributed by atoms with E-state index in [-0.39, 0.29) is 0 Å². The largest absolute Gasteiger partial charge is 0.378 e. The van der Waals surface area contributed by atoms with Gasteiger partial charge in [-0.2, -0.15) is 0 Å². The first-order chi connectivity index (χ1) is 11.2. The van der Waals surface area contributed by atoms with Crippen molar-refractivity contribution in [1.82, 2.24) is 0 Å². The molecule has 23 heavy (non-hydrogen) atoms. The predicted molar refractivity (Wildman–Crippen MR) is 99.0 cm³/mol. The van der Waals surface area contributed by atoms with E-state index in [1.807, 2.05) is 0 Å². The lowest BCUT2D eigenvalue weighted by atomic mass is 9.68. The molecule has 5 rings (SSSR count). The Hall–Kier alpha value is -0.990. The van der Waals surface area contributed by atoms with Gasteiger partial charge in [0.2, 0.25) is 0 Å². The number of anilines is 1. The third-order valence-electron chi connectivity index (χ3n) is 6.28. The zero-order valence-corrected chi connectivity index (χ0v) is 15.1. The molecule has 2 fully saturated rings. The predicted octanol–water partition coefficient (Wildman–Crippen LogP) is 6.40. The van der Waals surface area contributed by atoms with Crippen molar-refractivity contribution in [3.05, 3.63) is 63.1 Å². The maximum absolute atomic E-state index is 6.27. The van der Waals surface area contributed by atoms with E-state index in [0.717, 1.165) is 27.2 Å². The van der Waals surface area contributed by atoms with E-state index in [9.17, 15) is 0 Å². The number of halogens is 2. The lowest BCUT2D eigenvalue weighted by molar-refractivity contribution is 0.247. The van der Waals surface area contributed by atoms with Crippen LogP contribution in [0.2, 0.25) is 5.02 Å². The van der Waals surface area contributed by atoms with Gasteiger partial charge in [-0.25, -0.2) is 0 Å². The Kier molecular flexibility index (Phi) is 3.28. The fourth-order valence-corrected chi connectivity index (χ4v) is 5.90. The molecule has 2 saturated carbocycles. The summed E-state index contributed by atoms with van der Waals surface area (Å²) in [5.41, 5.74) is 4.15. The van der Waals surface area contributed by atoms with Crippen molar-refractivity contribution in [3.8, 4) is 0 Å². The number of rotatable bonds is 1. The molecular formula is C20H19BrClN. The third kappa shape index (κ3) is 2.18. The molecule has 1 aliphatic heterocycles. The highest BCUT2D eigenvalue weighted by Gasteiger charge is 2.53. The van der Waals surface area contributed by atoms with Crippen LogP contribution in [0.1, 0.15) is 42.3 Å². The molecule has 1 nitrogen and oxygen atoms in total. The molecule has 1 heterocycles. The SMILES string of the molecule is Clc1ccc2c(c1)N[C@@H](c1ccc(Br)cc1)[C@@H]1[C@H]3CC[C@H](C3)[C@H]21. The second-order valence-corrected chi connectivity index (χ2v) is 8.69.